The van der Waals surface area contributed by atoms with Crippen molar-refractivity contribution in [1.82, 2.24) is 25.1 Å². The van der Waals surface area contributed by atoms with Crippen molar-refractivity contribution < 1.29 is 0 Å². The third kappa shape index (κ3) is 3.36. The molecule has 0 bridgehead atoms. The number of aryl methyl sites for hydroxylation is 1. The smallest absolute Gasteiger partial charge is 0.224 e. The average Bonchev–Trinajstić information content (AvgIpc) is 3.19. The second-order valence-electron chi connectivity index (χ2n) is 5.57. The summed E-state index contributed by atoms with van der Waals surface area (Å²) < 4.78 is 2.00. The molecule has 118 valence electrons. The normalized spacial score (nSPS) is 17.6. The number of anilines is 2. The van der Waals surface area contributed by atoms with E-state index in [1.54, 1.807) is 6.20 Å². The Labute approximate surface area is 130 Å². The van der Waals surface area contributed by atoms with E-state index in [4.69, 9.17) is 0 Å². The summed E-state index contributed by atoms with van der Waals surface area (Å²) >= 11 is 0. The maximum Gasteiger partial charge on any atom is 0.224 e. The Kier molecular flexibility index (Phi) is 4.53. The Morgan fingerprint density at radius 1 is 1.41 bits per heavy atom. The van der Waals surface area contributed by atoms with Crippen LogP contribution in [-0.4, -0.2) is 45.9 Å². The SMILES string of the molecule is CCn1nccc1CN(C)c1ccnc(NC2CCNC2)n1. The van der Waals surface area contributed by atoms with Crippen LogP contribution >= 0.6 is 0 Å². The number of nitrogens with one attached hydrogen (secondary N) is 2. The van der Waals surface area contributed by atoms with E-state index in [2.05, 4.69) is 37.5 Å². The van der Waals surface area contributed by atoms with Gasteiger partial charge >= 0.3 is 0 Å². The van der Waals surface area contributed by atoms with Crippen LogP contribution < -0.4 is 15.5 Å². The first-order valence-electron chi connectivity index (χ1n) is 7.78. The Bertz CT molecular complexity index is 603. The summed E-state index contributed by atoms with van der Waals surface area (Å²) in [5, 5.41) is 11.0. The first kappa shape index (κ1) is 14.8. The van der Waals surface area contributed by atoms with Crippen LogP contribution in [0.3, 0.4) is 0 Å². The van der Waals surface area contributed by atoms with Crippen molar-refractivity contribution in [2.75, 3.05) is 30.4 Å². The molecule has 0 radical (unpaired) electrons. The van der Waals surface area contributed by atoms with E-state index in [0.29, 0.717) is 12.0 Å². The lowest BCUT2D eigenvalue weighted by atomic mass is 10.3. The van der Waals surface area contributed by atoms with Gasteiger partial charge in [-0.3, -0.25) is 4.68 Å². The molecule has 1 atom stereocenters. The molecule has 0 aliphatic carbocycles. The summed E-state index contributed by atoms with van der Waals surface area (Å²) in [7, 11) is 2.04. The molecular weight excluding hydrogens is 278 g/mol. The summed E-state index contributed by atoms with van der Waals surface area (Å²) in [4.78, 5) is 11.1. The van der Waals surface area contributed by atoms with Crippen LogP contribution in [0, 0.1) is 0 Å². The van der Waals surface area contributed by atoms with Gasteiger partial charge in [0.25, 0.3) is 0 Å². The molecule has 1 aliphatic rings. The van der Waals surface area contributed by atoms with Crippen LogP contribution in [0.25, 0.3) is 0 Å². The molecule has 1 saturated heterocycles. The molecule has 1 fully saturated rings. The highest BCUT2D eigenvalue weighted by Gasteiger charge is 2.15. The minimum absolute atomic E-state index is 0.419. The molecule has 1 unspecified atom stereocenters. The second-order valence-corrected chi connectivity index (χ2v) is 5.57. The van der Waals surface area contributed by atoms with Crippen LogP contribution in [0.1, 0.15) is 19.0 Å². The van der Waals surface area contributed by atoms with Gasteiger partial charge in [0, 0.05) is 38.6 Å². The second kappa shape index (κ2) is 6.74. The Hall–Kier alpha value is -2.15. The average molecular weight is 301 g/mol. The van der Waals surface area contributed by atoms with Gasteiger partial charge in [-0.15, -0.1) is 0 Å². The van der Waals surface area contributed by atoms with Gasteiger partial charge in [0.2, 0.25) is 5.95 Å². The number of hydrogen-bond donors (Lipinski definition) is 2. The van der Waals surface area contributed by atoms with E-state index in [0.717, 1.165) is 38.4 Å². The molecule has 0 saturated carbocycles. The van der Waals surface area contributed by atoms with Gasteiger partial charge in [0.15, 0.2) is 0 Å². The minimum atomic E-state index is 0.419. The molecule has 3 heterocycles. The predicted octanol–water partition coefficient (Wildman–Crippen LogP) is 1.10. The van der Waals surface area contributed by atoms with E-state index in [-0.39, 0.29) is 0 Å². The van der Waals surface area contributed by atoms with E-state index >= 15 is 0 Å². The number of nitrogens with zero attached hydrogens (tertiary/aromatic N) is 5. The van der Waals surface area contributed by atoms with Gasteiger partial charge in [-0.05, 0) is 32.0 Å². The van der Waals surface area contributed by atoms with Gasteiger partial charge in [0.1, 0.15) is 5.82 Å². The van der Waals surface area contributed by atoms with E-state index in [1.165, 1.54) is 5.69 Å². The molecular formula is C15H23N7. The topological polar surface area (TPSA) is 70.9 Å². The molecule has 7 nitrogen and oxygen atoms in total. The maximum atomic E-state index is 4.62. The van der Waals surface area contributed by atoms with Crippen molar-refractivity contribution in [3.05, 3.63) is 30.2 Å². The fourth-order valence-electron chi connectivity index (χ4n) is 2.69. The molecule has 1 aliphatic heterocycles. The highest BCUT2D eigenvalue weighted by molar-refractivity contribution is 5.42. The number of aromatic nitrogens is 4. The Balaban J connectivity index is 1.68. The molecule has 2 aromatic heterocycles. The molecule has 0 spiro atoms. The van der Waals surface area contributed by atoms with Crippen LogP contribution in [0.15, 0.2) is 24.5 Å². The Morgan fingerprint density at radius 2 is 2.32 bits per heavy atom. The zero-order valence-electron chi connectivity index (χ0n) is 13.2. The van der Waals surface area contributed by atoms with Gasteiger partial charge in [0.05, 0.1) is 12.2 Å². The lowest BCUT2D eigenvalue weighted by Gasteiger charge is -2.19. The third-order valence-electron chi connectivity index (χ3n) is 3.93. The van der Waals surface area contributed by atoms with Gasteiger partial charge in [-0.2, -0.15) is 10.1 Å². The summed E-state index contributed by atoms with van der Waals surface area (Å²) in [6.45, 7) is 5.77. The number of hydrogen-bond acceptors (Lipinski definition) is 6. The van der Waals surface area contributed by atoms with Crippen LogP contribution in [0.5, 0.6) is 0 Å². The summed E-state index contributed by atoms with van der Waals surface area (Å²) in [5.41, 5.74) is 1.18. The highest BCUT2D eigenvalue weighted by atomic mass is 15.3. The predicted molar refractivity (Wildman–Crippen MR) is 86.9 cm³/mol. The lowest BCUT2D eigenvalue weighted by molar-refractivity contribution is 0.616. The van der Waals surface area contributed by atoms with E-state index in [9.17, 15) is 0 Å². The van der Waals surface area contributed by atoms with Gasteiger partial charge < -0.3 is 15.5 Å². The van der Waals surface area contributed by atoms with Crippen LogP contribution in [0.2, 0.25) is 0 Å². The van der Waals surface area contributed by atoms with Crippen molar-refractivity contribution in [3.63, 3.8) is 0 Å². The monoisotopic (exact) mass is 301 g/mol. The van der Waals surface area contributed by atoms with Crippen molar-refractivity contribution >= 4 is 11.8 Å². The zero-order chi connectivity index (χ0) is 15.4. The highest BCUT2D eigenvalue weighted by Crippen LogP contribution is 2.15. The molecule has 0 aromatic carbocycles. The van der Waals surface area contributed by atoms with Gasteiger partial charge in [-0.25, -0.2) is 4.98 Å². The van der Waals surface area contributed by atoms with Crippen molar-refractivity contribution in [1.29, 1.82) is 0 Å². The molecule has 22 heavy (non-hydrogen) atoms. The largest absolute Gasteiger partial charge is 0.354 e. The summed E-state index contributed by atoms with van der Waals surface area (Å²) in [6.07, 6.45) is 4.76. The molecule has 2 N–H and O–H groups in total. The molecule has 2 aromatic rings. The summed E-state index contributed by atoms with van der Waals surface area (Å²) in [6, 6.07) is 4.40. The first-order valence-corrected chi connectivity index (χ1v) is 7.78. The fraction of sp³-hybridized carbons (Fsp3) is 0.533. The molecule has 0 amide bonds. The maximum absolute atomic E-state index is 4.62. The van der Waals surface area contributed by atoms with E-state index < -0.39 is 0 Å². The third-order valence-corrected chi connectivity index (χ3v) is 3.93. The lowest BCUT2D eigenvalue weighted by Crippen LogP contribution is -2.25. The first-order chi connectivity index (χ1) is 10.8. The quantitative estimate of drug-likeness (QED) is 0.833. The summed E-state index contributed by atoms with van der Waals surface area (Å²) in [5.74, 6) is 1.61. The van der Waals surface area contributed by atoms with Crippen LogP contribution in [-0.2, 0) is 13.1 Å². The molecule has 7 heteroatoms. The molecule has 3 rings (SSSR count). The van der Waals surface area contributed by atoms with Crippen molar-refractivity contribution in [2.45, 2.75) is 32.5 Å². The van der Waals surface area contributed by atoms with Crippen LogP contribution in [0.4, 0.5) is 11.8 Å². The standard InChI is InChI=1S/C15H23N7/c1-3-22-13(5-9-18-22)11-21(2)14-6-8-17-15(20-14)19-12-4-7-16-10-12/h5-6,8-9,12,16H,3-4,7,10-11H2,1-2H3,(H,17,19,20). The zero-order valence-corrected chi connectivity index (χ0v) is 13.2. The van der Waals surface area contributed by atoms with E-state index in [1.807, 2.05) is 30.1 Å². The van der Waals surface area contributed by atoms with Crippen molar-refractivity contribution in [3.8, 4) is 0 Å². The number of rotatable bonds is 6. The Morgan fingerprint density at radius 3 is 3.09 bits per heavy atom. The van der Waals surface area contributed by atoms with Gasteiger partial charge in [-0.1, -0.05) is 0 Å². The fourth-order valence-corrected chi connectivity index (χ4v) is 2.69. The van der Waals surface area contributed by atoms with Crippen molar-refractivity contribution in [2.24, 2.45) is 0 Å². The minimum Gasteiger partial charge on any atom is -0.354 e.